The maximum atomic E-state index is 6.25. The predicted molar refractivity (Wildman–Crippen MR) is 77.8 cm³/mol. The number of halogens is 1. The summed E-state index contributed by atoms with van der Waals surface area (Å²) >= 11 is 6.25. The maximum absolute atomic E-state index is 6.25. The largest absolute Gasteiger partial charge is 0.370 e. The minimum absolute atomic E-state index is 0.107. The number of nitrogens with zero attached hydrogens (tertiary/aromatic N) is 2. The van der Waals surface area contributed by atoms with Gasteiger partial charge in [-0.15, -0.1) is 0 Å². The SMILES string of the molecule is CCN(CC)[C@H](CN=C(N)N)c1ccccc1Cl. The maximum Gasteiger partial charge on any atom is 0.185 e. The summed E-state index contributed by atoms with van der Waals surface area (Å²) in [5.41, 5.74) is 11.9. The van der Waals surface area contributed by atoms with Crippen LogP contribution in [0, 0.1) is 0 Å². The minimum atomic E-state index is 0.107. The van der Waals surface area contributed by atoms with Crippen LogP contribution in [-0.4, -0.2) is 30.5 Å². The molecule has 1 aromatic rings. The van der Waals surface area contributed by atoms with E-state index in [9.17, 15) is 0 Å². The van der Waals surface area contributed by atoms with Crippen molar-refractivity contribution in [3.8, 4) is 0 Å². The number of guanidine groups is 1. The van der Waals surface area contributed by atoms with Crippen molar-refractivity contribution in [2.45, 2.75) is 19.9 Å². The minimum Gasteiger partial charge on any atom is -0.370 e. The van der Waals surface area contributed by atoms with Crippen LogP contribution in [0.2, 0.25) is 5.02 Å². The summed E-state index contributed by atoms with van der Waals surface area (Å²) in [4.78, 5) is 6.42. The van der Waals surface area contributed by atoms with E-state index in [1.54, 1.807) is 0 Å². The summed E-state index contributed by atoms with van der Waals surface area (Å²) in [5, 5.41) is 0.750. The van der Waals surface area contributed by atoms with Crippen LogP contribution in [0.4, 0.5) is 0 Å². The molecule has 4 nitrogen and oxygen atoms in total. The Balaban J connectivity index is 3.03. The Kier molecular flexibility index (Phi) is 5.95. The van der Waals surface area contributed by atoms with Crippen LogP contribution in [-0.2, 0) is 0 Å². The number of aliphatic imine (C=N–C) groups is 1. The van der Waals surface area contributed by atoms with Crippen LogP contribution in [0.15, 0.2) is 29.3 Å². The lowest BCUT2D eigenvalue weighted by Gasteiger charge is -2.29. The number of rotatable bonds is 6. The van der Waals surface area contributed by atoms with Gasteiger partial charge in [0.2, 0.25) is 0 Å². The van der Waals surface area contributed by atoms with Gasteiger partial charge in [-0.3, -0.25) is 9.89 Å². The van der Waals surface area contributed by atoms with Gasteiger partial charge in [0.1, 0.15) is 0 Å². The van der Waals surface area contributed by atoms with E-state index < -0.39 is 0 Å². The fourth-order valence-corrected chi connectivity index (χ4v) is 2.27. The molecule has 18 heavy (non-hydrogen) atoms. The Morgan fingerprint density at radius 1 is 1.28 bits per heavy atom. The van der Waals surface area contributed by atoms with Crippen LogP contribution in [0.1, 0.15) is 25.5 Å². The molecule has 0 radical (unpaired) electrons. The molecule has 1 atom stereocenters. The lowest BCUT2D eigenvalue weighted by atomic mass is 10.1. The third-order valence-electron chi connectivity index (χ3n) is 2.96. The van der Waals surface area contributed by atoms with Crippen molar-refractivity contribution in [2.24, 2.45) is 16.5 Å². The van der Waals surface area contributed by atoms with Gasteiger partial charge in [0, 0.05) is 5.02 Å². The summed E-state index contributed by atoms with van der Waals surface area (Å²) in [6.45, 7) is 6.60. The molecule has 0 spiro atoms. The van der Waals surface area contributed by atoms with Crippen molar-refractivity contribution < 1.29 is 0 Å². The molecule has 1 aromatic carbocycles. The zero-order valence-corrected chi connectivity index (χ0v) is 11.7. The van der Waals surface area contributed by atoms with Gasteiger partial charge >= 0.3 is 0 Å². The molecule has 100 valence electrons. The first-order valence-corrected chi connectivity index (χ1v) is 6.51. The Morgan fingerprint density at radius 3 is 2.39 bits per heavy atom. The van der Waals surface area contributed by atoms with E-state index in [1.807, 2.05) is 24.3 Å². The van der Waals surface area contributed by atoms with Crippen LogP contribution < -0.4 is 11.5 Å². The lowest BCUT2D eigenvalue weighted by molar-refractivity contribution is 0.224. The van der Waals surface area contributed by atoms with E-state index in [1.165, 1.54) is 0 Å². The summed E-state index contributed by atoms with van der Waals surface area (Å²) in [6.07, 6.45) is 0. The summed E-state index contributed by atoms with van der Waals surface area (Å²) in [5.74, 6) is 0.110. The molecule has 0 aliphatic heterocycles. The fourth-order valence-electron chi connectivity index (χ4n) is 2.01. The van der Waals surface area contributed by atoms with Crippen molar-refractivity contribution in [3.63, 3.8) is 0 Å². The summed E-state index contributed by atoms with van der Waals surface area (Å²) < 4.78 is 0. The molecule has 0 aliphatic rings. The van der Waals surface area contributed by atoms with E-state index >= 15 is 0 Å². The van der Waals surface area contributed by atoms with E-state index in [4.69, 9.17) is 23.1 Å². The summed E-state index contributed by atoms with van der Waals surface area (Å²) in [7, 11) is 0. The van der Waals surface area contributed by atoms with Crippen molar-refractivity contribution in [3.05, 3.63) is 34.9 Å². The van der Waals surface area contributed by atoms with E-state index in [-0.39, 0.29) is 12.0 Å². The third-order valence-corrected chi connectivity index (χ3v) is 3.31. The Hall–Kier alpha value is -1.26. The highest BCUT2D eigenvalue weighted by atomic mass is 35.5. The Labute approximate surface area is 114 Å². The average molecular weight is 269 g/mol. The smallest absolute Gasteiger partial charge is 0.185 e. The highest BCUT2D eigenvalue weighted by Gasteiger charge is 2.19. The molecule has 0 bridgehead atoms. The van der Waals surface area contributed by atoms with Gasteiger partial charge in [0.05, 0.1) is 12.6 Å². The second kappa shape index (κ2) is 7.24. The molecule has 0 aromatic heterocycles. The van der Waals surface area contributed by atoms with Crippen LogP contribution in [0.3, 0.4) is 0 Å². The molecule has 0 unspecified atom stereocenters. The van der Waals surface area contributed by atoms with E-state index in [0.29, 0.717) is 6.54 Å². The summed E-state index contributed by atoms with van der Waals surface area (Å²) in [6, 6.07) is 7.92. The van der Waals surface area contributed by atoms with Gasteiger partial charge in [-0.2, -0.15) is 0 Å². The monoisotopic (exact) mass is 268 g/mol. The van der Waals surface area contributed by atoms with Crippen molar-refractivity contribution in [1.29, 1.82) is 0 Å². The molecule has 0 fully saturated rings. The van der Waals surface area contributed by atoms with Gasteiger partial charge < -0.3 is 11.5 Å². The second-order valence-electron chi connectivity index (χ2n) is 4.02. The van der Waals surface area contributed by atoms with Gasteiger partial charge in [-0.05, 0) is 24.7 Å². The normalized spacial score (nSPS) is 12.4. The standard InChI is InChI=1S/C13H21ClN4/c1-3-18(4-2)12(9-17-13(15)16)10-7-5-6-8-11(10)14/h5-8,12H,3-4,9H2,1-2H3,(H4,15,16,17)/t12-/m1/s1. The molecule has 0 amide bonds. The molecule has 0 saturated carbocycles. The lowest BCUT2D eigenvalue weighted by Crippen LogP contribution is -2.32. The average Bonchev–Trinajstić information content (AvgIpc) is 2.35. The zero-order chi connectivity index (χ0) is 13.5. The van der Waals surface area contributed by atoms with Gasteiger partial charge in [-0.25, -0.2) is 0 Å². The van der Waals surface area contributed by atoms with Crippen molar-refractivity contribution in [2.75, 3.05) is 19.6 Å². The Morgan fingerprint density at radius 2 is 1.89 bits per heavy atom. The molecule has 1 rings (SSSR count). The van der Waals surface area contributed by atoms with Crippen LogP contribution >= 0.6 is 11.6 Å². The van der Waals surface area contributed by atoms with Gasteiger partial charge in [0.25, 0.3) is 0 Å². The number of benzene rings is 1. The first-order chi connectivity index (χ1) is 8.60. The van der Waals surface area contributed by atoms with Crippen LogP contribution in [0.25, 0.3) is 0 Å². The first kappa shape index (κ1) is 14.8. The third kappa shape index (κ3) is 3.89. The van der Waals surface area contributed by atoms with Crippen molar-refractivity contribution >= 4 is 17.6 Å². The van der Waals surface area contributed by atoms with Crippen LogP contribution in [0.5, 0.6) is 0 Å². The van der Waals surface area contributed by atoms with Crippen molar-refractivity contribution in [1.82, 2.24) is 4.90 Å². The molecule has 5 heteroatoms. The fraction of sp³-hybridized carbons (Fsp3) is 0.462. The highest BCUT2D eigenvalue weighted by molar-refractivity contribution is 6.31. The molecular weight excluding hydrogens is 248 g/mol. The quantitative estimate of drug-likeness (QED) is 0.612. The predicted octanol–water partition coefficient (Wildman–Crippen LogP) is 2.00. The number of hydrogen-bond donors (Lipinski definition) is 2. The van der Waals surface area contributed by atoms with E-state index in [2.05, 4.69) is 23.7 Å². The molecular formula is C13H21ClN4. The molecule has 4 N–H and O–H groups in total. The van der Waals surface area contributed by atoms with Gasteiger partial charge in [-0.1, -0.05) is 43.6 Å². The highest BCUT2D eigenvalue weighted by Crippen LogP contribution is 2.27. The second-order valence-corrected chi connectivity index (χ2v) is 4.43. The Bertz CT molecular complexity index is 398. The molecule has 0 heterocycles. The molecule has 0 aliphatic carbocycles. The first-order valence-electron chi connectivity index (χ1n) is 6.14. The number of nitrogens with two attached hydrogens (primary N) is 2. The molecule has 0 saturated heterocycles. The zero-order valence-electron chi connectivity index (χ0n) is 10.9. The number of hydrogen-bond acceptors (Lipinski definition) is 2. The topological polar surface area (TPSA) is 67.6 Å². The van der Waals surface area contributed by atoms with Gasteiger partial charge in [0.15, 0.2) is 5.96 Å². The number of likely N-dealkylation sites (N-methyl/N-ethyl adjacent to an activating group) is 1. The van der Waals surface area contributed by atoms with E-state index in [0.717, 1.165) is 23.7 Å².